The quantitative estimate of drug-likeness (QED) is 0.585. The van der Waals surface area contributed by atoms with Gasteiger partial charge < -0.3 is 10.2 Å². The lowest BCUT2D eigenvalue weighted by Crippen LogP contribution is -2.43. The molecule has 0 saturated carbocycles. The Kier molecular flexibility index (Phi) is 8.13. The summed E-state index contributed by atoms with van der Waals surface area (Å²) in [4.78, 5) is 15.6. The first-order chi connectivity index (χ1) is 15.8. The van der Waals surface area contributed by atoms with Crippen molar-refractivity contribution in [2.24, 2.45) is 17.8 Å². The van der Waals surface area contributed by atoms with E-state index in [1.54, 1.807) is 10.4 Å². The Hall–Kier alpha value is -1.44. The monoisotopic (exact) mass is 475 g/mol. The molecular formula is C26H41N3O3S. The molecule has 0 unspecified atom stereocenters. The normalized spacial score (nSPS) is 25.2. The van der Waals surface area contributed by atoms with Crippen molar-refractivity contribution in [2.45, 2.75) is 70.1 Å². The number of aryl methyl sites for hydroxylation is 2. The number of amides is 1. The van der Waals surface area contributed by atoms with E-state index in [1.165, 1.54) is 30.6 Å². The Morgan fingerprint density at radius 1 is 1.03 bits per heavy atom. The fourth-order valence-electron chi connectivity index (χ4n) is 6.01. The number of rotatable bonds is 8. The summed E-state index contributed by atoms with van der Waals surface area (Å²) in [6.45, 7) is 9.74. The van der Waals surface area contributed by atoms with Gasteiger partial charge in [-0.3, -0.25) is 4.79 Å². The zero-order valence-corrected chi connectivity index (χ0v) is 21.2. The molecule has 2 saturated heterocycles. The van der Waals surface area contributed by atoms with Crippen LogP contribution in [0.4, 0.5) is 0 Å². The van der Waals surface area contributed by atoms with Crippen LogP contribution in [-0.2, 0) is 27.7 Å². The number of piperidine rings is 2. The highest BCUT2D eigenvalue weighted by molar-refractivity contribution is 7.89. The average molecular weight is 476 g/mol. The molecule has 7 heteroatoms. The molecule has 1 aromatic carbocycles. The third kappa shape index (κ3) is 6.17. The second-order valence-corrected chi connectivity index (χ2v) is 12.6. The minimum atomic E-state index is -3.48. The number of nitrogens with one attached hydrogen (secondary N) is 1. The van der Waals surface area contributed by atoms with E-state index < -0.39 is 10.0 Å². The Labute approximate surface area is 200 Å². The smallest absolute Gasteiger partial charge is 0.243 e. The second-order valence-electron chi connectivity index (χ2n) is 10.7. The zero-order chi connectivity index (χ0) is 23.4. The van der Waals surface area contributed by atoms with Crippen LogP contribution >= 0.6 is 0 Å². The minimum absolute atomic E-state index is 0.0831. The van der Waals surface area contributed by atoms with Crippen molar-refractivity contribution >= 4 is 15.9 Å². The summed E-state index contributed by atoms with van der Waals surface area (Å²) in [6.07, 6.45) is 7.76. The number of benzene rings is 1. The van der Waals surface area contributed by atoms with Crippen LogP contribution in [0.25, 0.3) is 0 Å². The lowest BCUT2D eigenvalue weighted by atomic mass is 9.92. The maximum Gasteiger partial charge on any atom is 0.243 e. The van der Waals surface area contributed by atoms with Gasteiger partial charge in [0, 0.05) is 38.6 Å². The number of unbranched alkanes of at least 4 members (excludes halogenated alkanes) is 1. The number of fused-ring (bicyclic) bond motifs is 1. The van der Waals surface area contributed by atoms with Crippen LogP contribution in [0.15, 0.2) is 23.1 Å². The lowest BCUT2D eigenvalue weighted by molar-refractivity contribution is -0.126. The molecule has 2 atom stereocenters. The molecule has 1 aromatic rings. The van der Waals surface area contributed by atoms with Gasteiger partial charge in [0.2, 0.25) is 15.9 Å². The van der Waals surface area contributed by atoms with Gasteiger partial charge in [0.05, 0.1) is 4.90 Å². The highest BCUT2D eigenvalue weighted by Crippen LogP contribution is 2.28. The van der Waals surface area contributed by atoms with E-state index in [0.717, 1.165) is 50.5 Å². The summed E-state index contributed by atoms with van der Waals surface area (Å²) in [6, 6.07) is 5.59. The predicted molar refractivity (Wildman–Crippen MR) is 132 cm³/mol. The molecule has 2 fully saturated rings. The first-order valence-corrected chi connectivity index (χ1v) is 14.4. The molecule has 184 valence electrons. The van der Waals surface area contributed by atoms with Crippen LogP contribution in [0.5, 0.6) is 0 Å². The van der Waals surface area contributed by atoms with E-state index in [4.69, 9.17) is 0 Å². The maximum atomic E-state index is 13.1. The van der Waals surface area contributed by atoms with Crippen molar-refractivity contribution in [1.29, 1.82) is 0 Å². The molecule has 1 amide bonds. The topological polar surface area (TPSA) is 69.7 Å². The van der Waals surface area contributed by atoms with E-state index in [-0.39, 0.29) is 11.8 Å². The van der Waals surface area contributed by atoms with Crippen LogP contribution in [0.1, 0.15) is 63.5 Å². The SMILES string of the molecule is C[C@@H]1C[C@H](C)CN(CCCCNC(=O)C2CCN(S(=O)(=O)c3ccc4c(c3)CCC4)CC2)C1. The lowest BCUT2D eigenvalue weighted by Gasteiger charge is -2.35. The van der Waals surface area contributed by atoms with Crippen LogP contribution in [0.3, 0.4) is 0 Å². The third-order valence-corrected chi connectivity index (χ3v) is 9.57. The molecule has 2 heterocycles. The van der Waals surface area contributed by atoms with Crippen molar-refractivity contribution in [3.05, 3.63) is 29.3 Å². The van der Waals surface area contributed by atoms with Crippen molar-refractivity contribution in [1.82, 2.24) is 14.5 Å². The molecule has 6 nitrogen and oxygen atoms in total. The number of carbonyl (C=O) groups excluding carboxylic acids is 1. The van der Waals surface area contributed by atoms with Gasteiger partial charge in [-0.2, -0.15) is 4.31 Å². The number of likely N-dealkylation sites (tertiary alicyclic amines) is 1. The Morgan fingerprint density at radius 3 is 2.45 bits per heavy atom. The molecule has 0 radical (unpaired) electrons. The minimum Gasteiger partial charge on any atom is -0.356 e. The number of carbonyl (C=O) groups is 1. The van der Waals surface area contributed by atoms with Crippen molar-refractivity contribution in [3.8, 4) is 0 Å². The van der Waals surface area contributed by atoms with Gasteiger partial charge in [0.15, 0.2) is 0 Å². The van der Waals surface area contributed by atoms with Crippen LogP contribution in [0, 0.1) is 17.8 Å². The fraction of sp³-hybridized carbons (Fsp3) is 0.731. The number of sulfonamides is 1. The average Bonchev–Trinajstić information content (AvgIpc) is 3.26. The Bertz CT molecular complexity index is 915. The Morgan fingerprint density at radius 2 is 1.73 bits per heavy atom. The fourth-order valence-corrected chi connectivity index (χ4v) is 7.53. The second kappa shape index (κ2) is 10.9. The summed E-state index contributed by atoms with van der Waals surface area (Å²) in [5, 5.41) is 3.10. The third-order valence-electron chi connectivity index (χ3n) is 7.68. The van der Waals surface area contributed by atoms with Crippen LogP contribution in [0.2, 0.25) is 0 Å². The number of hydrogen-bond donors (Lipinski definition) is 1. The van der Waals surface area contributed by atoms with E-state index in [9.17, 15) is 13.2 Å². The number of hydrogen-bond acceptors (Lipinski definition) is 4. The molecule has 3 aliphatic rings. The van der Waals surface area contributed by atoms with Gasteiger partial charge in [0.25, 0.3) is 0 Å². The van der Waals surface area contributed by atoms with E-state index in [2.05, 4.69) is 24.1 Å². The van der Waals surface area contributed by atoms with Crippen LogP contribution in [-0.4, -0.2) is 62.8 Å². The molecule has 1 N–H and O–H groups in total. The van der Waals surface area contributed by atoms with Crippen molar-refractivity contribution < 1.29 is 13.2 Å². The van der Waals surface area contributed by atoms with Gasteiger partial charge in [0.1, 0.15) is 0 Å². The molecule has 1 aliphatic carbocycles. The summed E-state index contributed by atoms with van der Waals surface area (Å²) in [7, 11) is -3.48. The summed E-state index contributed by atoms with van der Waals surface area (Å²) in [5.41, 5.74) is 2.46. The maximum absolute atomic E-state index is 13.1. The van der Waals surface area contributed by atoms with Crippen molar-refractivity contribution in [3.63, 3.8) is 0 Å². The highest BCUT2D eigenvalue weighted by Gasteiger charge is 2.32. The molecular weight excluding hydrogens is 434 g/mol. The standard InChI is InChI=1S/C26H41N3O3S/c1-20-16-21(2)19-28(18-20)13-4-3-12-27-26(30)23-10-14-29(15-11-23)33(31,32)25-9-8-22-6-5-7-24(22)17-25/h8-9,17,20-21,23H,3-7,10-16,18-19H2,1-2H3,(H,27,30)/t20-,21+. The van der Waals surface area contributed by atoms with Gasteiger partial charge in [-0.15, -0.1) is 0 Å². The molecule has 0 bridgehead atoms. The van der Waals surface area contributed by atoms with Crippen LogP contribution < -0.4 is 5.32 Å². The Balaban J connectivity index is 1.17. The summed E-state index contributed by atoms with van der Waals surface area (Å²) < 4.78 is 27.8. The summed E-state index contributed by atoms with van der Waals surface area (Å²) >= 11 is 0. The molecule has 0 spiro atoms. The zero-order valence-electron chi connectivity index (χ0n) is 20.4. The largest absolute Gasteiger partial charge is 0.356 e. The van der Waals surface area contributed by atoms with E-state index in [1.807, 2.05) is 12.1 Å². The van der Waals surface area contributed by atoms with Gasteiger partial charge in [-0.25, -0.2) is 8.42 Å². The van der Waals surface area contributed by atoms with Crippen molar-refractivity contribution in [2.75, 3.05) is 39.3 Å². The molecule has 2 aliphatic heterocycles. The van der Waals surface area contributed by atoms with Gasteiger partial charge >= 0.3 is 0 Å². The number of nitrogens with zero attached hydrogens (tertiary/aromatic N) is 2. The van der Waals surface area contributed by atoms with E-state index >= 15 is 0 Å². The van der Waals surface area contributed by atoms with E-state index in [0.29, 0.717) is 37.4 Å². The van der Waals surface area contributed by atoms with Gasteiger partial charge in [-0.05, 0) is 93.0 Å². The van der Waals surface area contributed by atoms with Gasteiger partial charge in [-0.1, -0.05) is 19.9 Å². The first-order valence-electron chi connectivity index (χ1n) is 12.9. The molecule has 0 aromatic heterocycles. The highest BCUT2D eigenvalue weighted by atomic mass is 32.2. The predicted octanol–water partition coefficient (Wildman–Crippen LogP) is 3.45. The molecule has 33 heavy (non-hydrogen) atoms. The molecule has 4 rings (SSSR count). The summed E-state index contributed by atoms with van der Waals surface area (Å²) in [5.74, 6) is 1.57. The first kappa shape index (κ1) is 24.7.